The average Bonchev–Trinajstić information content (AvgIpc) is 2.53. The summed E-state index contributed by atoms with van der Waals surface area (Å²) < 4.78 is 14.9. The summed E-state index contributed by atoms with van der Waals surface area (Å²) in [4.78, 5) is 15.3. The van der Waals surface area contributed by atoms with Crippen LogP contribution in [0.1, 0.15) is 19.2 Å². The lowest BCUT2D eigenvalue weighted by molar-refractivity contribution is -0.117. The van der Waals surface area contributed by atoms with Crippen LogP contribution in [0.2, 0.25) is 0 Å². The van der Waals surface area contributed by atoms with Gasteiger partial charge in [0.15, 0.2) is 0 Å². The molecule has 0 amide bonds. The van der Waals surface area contributed by atoms with Gasteiger partial charge in [0.2, 0.25) is 0 Å². The van der Waals surface area contributed by atoms with Gasteiger partial charge in [-0.3, -0.25) is 0 Å². The van der Waals surface area contributed by atoms with Crippen LogP contribution in [0.3, 0.4) is 0 Å². The van der Waals surface area contributed by atoms with E-state index in [0.29, 0.717) is 12.8 Å². The van der Waals surface area contributed by atoms with Crippen LogP contribution in [0.15, 0.2) is 18.2 Å². The molecule has 16 heavy (non-hydrogen) atoms. The molecule has 0 bridgehead atoms. The number of hydrogen-bond acceptors (Lipinski definition) is 2. The monoisotopic (exact) mass is 220 g/mol. The van der Waals surface area contributed by atoms with Crippen molar-refractivity contribution >= 4 is 16.8 Å². The maximum Gasteiger partial charge on any atom is 0.130 e. The van der Waals surface area contributed by atoms with E-state index in [0.717, 1.165) is 16.9 Å². The Morgan fingerprint density at radius 2 is 2.25 bits per heavy atom. The zero-order valence-corrected chi connectivity index (χ0v) is 9.33. The van der Waals surface area contributed by atoms with E-state index in [1.165, 1.54) is 12.1 Å². The third kappa shape index (κ3) is 1.96. The number of hydrogen-bond donors (Lipinski definition) is 0. The number of benzene rings is 1. The minimum absolute atomic E-state index is 0.137. The SMILES string of the molecule is CC(=O)CCc1nc2ccc(F)cc2n1C. The van der Waals surface area contributed by atoms with Crippen molar-refractivity contribution in [2.24, 2.45) is 7.05 Å². The predicted octanol–water partition coefficient (Wildman–Crippen LogP) is 2.23. The first-order valence-corrected chi connectivity index (χ1v) is 5.18. The molecule has 3 nitrogen and oxygen atoms in total. The van der Waals surface area contributed by atoms with Crippen molar-refractivity contribution in [1.29, 1.82) is 0 Å². The number of carbonyl (C=O) groups is 1. The lowest BCUT2D eigenvalue weighted by atomic mass is 10.2. The number of Topliss-reactive ketones (excluding diaryl/α,β-unsaturated/α-hetero) is 1. The van der Waals surface area contributed by atoms with E-state index < -0.39 is 0 Å². The number of rotatable bonds is 3. The molecule has 0 aliphatic carbocycles. The van der Waals surface area contributed by atoms with Crippen LogP contribution in [-0.2, 0) is 18.3 Å². The van der Waals surface area contributed by atoms with Gasteiger partial charge in [-0.25, -0.2) is 9.37 Å². The second-order valence-corrected chi connectivity index (χ2v) is 3.92. The largest absolute Gasteiger partial charge is 0.331 e. The van der Waals surface area contributed by atoms with E-state index in [4.69, 9.17) is 0 Å². The minimum Gasteiger partial charge on any atom is -0.331 e. The molecule has 2 rings (SSSR count). The fraction of sp³-hybridized carbons (Fsp3) is 0.333. The quantitative estimate of drug-likeness (QED) is 0.795. The number of aryl methyl sites for hydroxylation is 2. The van der Waals surface area contributed by atoms with Crippen molar-refractivity contribution < 1.29 is 9.18 Å². The molecule has 0 saturated heterocycles. The maximum absolute atomic E-state index is 13.0. The molecule has 0 N–H and O–H groups in total. The summed E-state index contributed by atoms with van der Waals surface area (Å²) in [5, 5.41) is 0. The molecular formula is C12H13FN2O. The second-order valence-electron chi connectivity index (χ2n) is 3.92. The number of ketones is 1. The Balaban J connectivity index is 2.40. The summed E-state index contributed by atoms with van der Waals surface area (Å²) >= 11 is 0. The van der Waals surface area contributed by atoms with Crippen molar-refractivity contribution in [3.63, 3.8) is 0 Å². The summed E-state index contributed by atoms with van der Waals surface area (Å²) in [6.07, 6.45) is 1.07. The lowest BCUT2D eigenvalue weighted by Gasteiger charge is -2.00. The highest BCUT2D eigenvalue weighted by atomic mass is 19.1. The molecule has 0 radical (unpaired) electrons. The molecule has 1 aromatic heterocycles. The topological polar surface area (TPSA) is 34.9 Å². The van der Waals surface area contributed by atoms with E-state index in [1.807, 2.05) is 11.6 Å². The van der Waals surface area contributed by atoms with Gasteiger partial charge in [0.05, 0.1) is 11.0 Å². The summed E-state index contributed by atoms with van der Waals surface area (Å²) in [6, 6.07) is 4.51. The Morgan fingerprint density at radius 1 is 1.50 bits per heavy atom. The van der Waals surface area contributed by atoms with Crippen molar-refractivity contribution in [3.05, 3.63) is 29.8 Å². The maximum atomic E-state index is 13.0. The normalized spacial score (nSPS) is 10.9. The molecule has 0 spiro atoms. The Labute approximate surface area is 92.9 Å². The molecule has 2 aromatic rings. The fourth-order valence-corrected chi connectivity index (χ4v) is 1.72. The molecule has 0 unspecified atom stereocenters. The van der Waals surface area contributed by atoms with Crippen LogP contribution in [-0.4, -0.2) is 15.3 Å². The van der Waals surface area contributed by atoms with E-state index in [1.54, 1.807) is 13.0 Å². The van der Waals surface area contributed by atoms with Gasteiger partial charge >= 0.3 is 0 Å². The number of nitrogens with zero attached hydrogens (tertiary/aromatic N) is 2. The zero-order chi connectivity index (χ0) is 11.7. The number of imidazole rings is 1. The van der Waals surface area contributed by atoms with Gasteiger partial charge < -0.3 is 9.36 Å². The Bertz CT molecular complexity index is 545. The molecule has 1 heterocycles. The highest BCUT2D eigenvalue weighted by Crippen LogP contribution is 2.17. The van der Waals surface area contributed by atoms with Crippen LogP contribution in [0.25, 0.3) is 11.0 Å². The highest BCUT2D eigenvalue weighted by molar-refractivity contribution is 5.77. The van der Waals surface area contributed by atoms with Crippen LogP contribution >= 0.6 is 0 Å². The molecule has 4 heteroatoms. The molecular weight excluding hydrogens is 207 g/mol. The van der Waals surface area contributed by atoms with Gasteiger partial charge in [0, 0.05) is 19.9 Å². The third-order valence-electron chi connectivity index (χ3n) is 2.64. The lowest BCUT2D eigenvalue weighted by Crippen LogP contribution is -2.01. The van der Waals surface area contributed by atoms with Gasteiger partial charge in [-0.05, 0) is 25.1 Å². The molecule has 0 atom stereocenters. The first kappa shape index (κ1) is 10.8. The zero-order valence-electron chi connectivity index (χ0n) is 9.33. The third-order valence-corrected chi connectivity index (χ3v) is 2.64. The van der Waals surface area contributed by atoms with E-state index >= 15 is 0 Å². The summed E-state index contributed by atoms with van der Waals surface area (Å²) in [6.45, 7) is 1.56. The van der Waals surface area contributed by atoms with Crippen molar-refractivity contribution in [2.75, 3.05) is 0 Å². The standard InChI is InChI=1S/C12H13FN2O/c1-8(16)3-6-12-14-10-5-4-9(13)7-11(10)15(12)2/h4-5,7H,3,6H2,1-2H3. The summed E-state index contributed by atoms with van der Waals surface area (Å²) in [5.41, 5.74) is 1.53. The summed E-state index contributed by atoms with van der Waals surface area (Å²) in [5.74, 6) is 0.683. The van der Waals surface area contributed by atoms with E-state index in [-0.39, 0.29) is 11.6 Å². The molecule has 0 fully saturated rings. The Morgan fingerprint density at radius 3 is 2.94 bits per heavy atom. The van der Waals surface area contributed by atoms with Gasteiger partial charge in [0.25, 0.3) is 0 Å². The number of halogens is 1. The molecule has 0 saturated carbocycles. The van der Waals surface area contributed by atoms with Crippen molar-refractivity contribution in [3.8, 4) is 0 Å². The number of fused-ring (bicyclic) bond motifs is 1. The molecule has 0 aliphatic heterocycles. The van der Waals surface area contributed by atoms with E-state index in [2.05, 4.69) is 4.98 Å². The molecule has 0 aliphatic rings. The van der Waals surface area contributed by atoms with Crippen molar-refractivity contribution in [2.45, 2.75) is 19.8 Å². The van der Waals surface area contributed by atoms with Crippen LogP contribution in [0, 0.1) is 5.82 Å². The Kier molecular flexibility index (Phi) is 2.73. The molecule has 1 aromatic carbocycles. The van der Waals surface area contributed by atoms with Crippen LogP contribution < -0.4 is 0 Å². The minimum atomic E-state index is -0.270. The predicted molar refractivity (Wildman–Crippen MR) is 59.7 cm³/mol. The van der Waals surface area contributed by atoms with Gasteiger partial charge in [0.1, 0.15) is 17.4 Å². The van der Waals surface area contributed by atoms with Crippen LogP contribution in [0.4, 0.5) is 4.39 Å². The second kappa shape index (κ2) is 4.04. The van der Waals surface area contributed by atoms with Gasteiger partial charge in [-0.15, -0.1) is 0 Å². The number of carbonyl (C=O) groups excluding carboxylic acids is 1. The number of aromatic nitrogens is 2. The van der Waals surface area contributed by atoms with Gasteiger partial charge in [-0.1, -0.05) is 0 Å². The summed E-state index contributed by atoms with van der Waals surface area (Å²) in [7, 11) is 1.84. The first-order chi connectivity index (χ1) is 7.58. The fourth-order valence-electron chi connectivity index (χ4n) is 1.72. The van der Waals surface area contributed by atoms with Crippen molar-refractivity contribution in [1.82, 2.24) is 9.55 Å². The molecule has 84 valence electrons. The smallest absolute Gasteiger partial charge is 0.130 e. The highest BCUT2D eigenvalue weighted by Gasteiger charge is 2.08. The van der Waals surface area contributed by atoms with Crippen LogP contribution in [0.5, 0.6) is 0 Å². The van der Waals surface area contributed by atoms with E-state index in [9.17, 15) is 9.18 Å². The van der Waals surface area contributed by atoms with Gasteiger partial charge in [-0.2, -0.15) is 0 Å². The average molecular weight is 220 g/mol. The Hall–Kier alpha value is -1.71. The first-order valence-electron chi connectivity index (χ1n) is 5.18.